The van der Waals surface area contributed by atoms with Crippen molar-refractivity contribution in [2.24, 2.45) is 4.99 Å². The van der Waals surface area contributed by atoms with E-state index in [1.807, 2.05) is 54.1 Å². The molecule has 0 amide bonds. The fraction of sp³-hybridized carbons (Fsp3) is 0.158. The van der Waals surface area contributed by atoms with Gasteiger partial charge in [0.25, 0.3) is 0 Å². The van der Waals surface area contributed by atoms with Crippen LogP contribution in [0.25, 0.3) is 11.3 Å². The molecule has 0 spiro atoms. The number of allylic oxidation sites excluding steroid dienone is 3. The molecular weight excluding hydrogens is 348 g/mol. The van der Waals surface area contributed by atoms with E-state index in [1.165, 1.54) is 0 Å². The van der Waals surface area contributed by atoms with Crippen LogP contribution in [0.5, 0.6) is 0 Å². The average molecular weight is 367 g/mol. The molecule has 0 unspecified atom stereocenters. The second-order valence-electron chi connectivity index (χ2n) is 5.63. The van der Waals surface area contributed by atoms with Crippen molar-refractivity contribution in [3.63, 3.8) is 0 Å². The zero-order chi connectivity index (χ0) is 18.4. The van der Waals surface area contributed by atoms with Crippen molar-refractivity contribution < 1.29 is 0 Å². The van der Waals surface area contributed by atoms with Crippen LogP contribution < -0.4 is 0 Å². The molecule has 0 bridgehead atoms. The van der Waals surface area contributed by atoms with Crippen molar-refractivity contribution in [1.82, 2.24) is 25.0 Å². The highest BCUT2D eigenvalue weighted by Gasteiger charge is 2.08. The molecule has 2 aromatic heterocycles. The molecule has 1 N–H and O–H groups in total. The van der Waals surface area contributed by atoms with Crippen LogP contribution >= 0.6 is 11.6 Å². The lowest BCUT2D eigenvalue weighted by Gasteiger charge is -2.04. The first-order valence-corrected chi connectivity index (χ1v) is 8.56. The van der Waals surface area contributed by atoms with E-state index in [1.54, 1.807) is 12.5 Å². The number of aromatic nitrogens is 5. The van der Waals surface area contributed by atoms with Gasteiger partial charge in [0, 0.05) is 29.5 Å². The summed E-state index contributed by atoms with van der Waals surface area (Å²) < 4.78 is 2.02. The Morgan fingerprint density at radius 2 is 2.19 bits per heavy atom. The van der Waals surface area contributed by atoms with Crippen LogP contribution in [0, 0.1) is 0 Å². The van der Waals surface area contributed by atoms with Gasteiger partial charge in [-0.3, -0.25) is 10.1 Å². The van der Waals surface area contributed by atoms with E-state index in [0.717, 1.165) is 40.5 Å². The van der Waals surface area contributed by atoms with Crippen molar-refractivity contribution in [2.45, 2.75) is 19.9 Å². The average Bonchev–Trinajstić information content (AvgIpc) is 3.34. The molecule has 7 heteroatoms. The third-order valence-corrected chi connectivity index (χ3v) is 4.35. The minimum absolute atomic E-state index is 0.678. The summed E-state index contributed by atoms with van der Waals surface area (Å²) in [6.07, 6.45) is 10.1. The Kier molecular flexibility index (Phi) is 5.76. The Labute approximate surface area is 157 Å². The molecule has 3 rings (SSSR count). The van der Waals surface area contributed by atoms with Crippen molar-refractivity contribution in [3.8, 4) is 0 Å². The molecule has 0 fully saturated rings. The first-order chi connectivity index (χ1) is 12.7. The van der Waals surface area contributed by atoms with Gasteiger partial charge >= 0.3 is 0 Å². The van der Waals surface area contributed by atoms with Gasteiger partial charge < -0.3 is 4.57 Å². The number of aliphatic imine (C=N–C) groups is 1. The molecule has 0 saturated carbocycles. The zero-order valence-electron chi connectivity index (χ0n) is 14.4. The third-order valence-electron chi connectivity index (χ3n) is 3.98. The highest BCUT2D eigenvalue weighted by Crippen LogP contribution is 2.21. The number of hydrogen-bond donors (Lipinski definition) is 1. The van der Waals surface area contributed by atoms with Crippen LogP contribution in [0.1, 0.15) is 23.9 Å². The van der Waals surface area contributed by atoms with Gasteiger partial charge in [-0.15, -0.1) is 5.10 Å². The Morgan fingerprint density at radius 1 is 1.35 bits per heavy atom. The van der Waals surface area contributed by atoms with Crippen LogP contribution in [0.2, 0.25) is 5.02 Å². The number of benzene rings is 1. The normalized spacial score (nSPS) is 12.4. The molecule has 0 aliphatic heterocycles. The predicted molar refractivity (Wildman–Crippen MR) is 105 cm³/mol. The number of aromatic amines is 1. The molecule has 0 aliphatic carbocycles. The van der Waals surface area contributed by atoms with Crippen molar-refractivity contribution >= 4 is 29.6 Å². The van der Waals surface area contributed by atoms with Gasteiger partial charge in [-0.25, -0.2) is 4.98 Å². The molecule has 0 radical (unpaired) electrons. The number of halogens is 1. The number of H-pyrrole nitrogens is 1. The van der Waals surface area contributed by atoms with E-state index in [4.69, 9.17) is 11.6 Å². The summed E-state index contributed by atoms with van der Waals surface area (Å²) >= 11 is 6.21. The molecule has 132 valence electrons. The monoisotopic (exact) mass is 366 g/mol. The van der Waals surface area contributed by atoms with E-state index in [2.05, 4.69) is 32.1 Å². The molecular formula is C19H19ClN6. The second-order valence-corrected chi connectivity index (χ2v) is 6.04. The van der Waals surface area contributed by atoms with Gasteiger partial charge in [-0.1, -0.05) is 41.1 Å². The maximum absolute atomic E-state index is 6.21. The van der Waals surface area contributed by atoms with E-state index in [-0.39, 0.29) is 0 Å². The van der Waals surface area contributed by atoms with Crippen molar-refractivity contribution in [1.29, 1.82) is 0 Å². The highest BCUT2D eigenvalue weighted by atomic mass is 35.5. The molecule has 2 heterocycles. The lowest BCUT2D eigenvalue weighted by molar-refractivity contribution is 0.695. The Balaban J connectivity index is 1.76. The maximum atomic E-state index is 6.21. The molecule has 1 aromatic carbocycles. The molecule has 0 atom stereocenters. The fourth-order valence-corrected chi connectivity index (χ4v) is 2.79. The van der Waals surface area contributed by atoms with E-state index in [9.17, 15) is 0 Å². The van der Waals surface area contributed by atoms with Crippen LogP contribution in [-0.4, -0.2) is 31.7 Å². The minimum Gasteiger partial charge on any atom is -0.336 e. The summed E-state index contributed by atoms with van der Waals surface area (Å²) in [5.41, 5.74) is 4.18. The first-order valence-electron chi connectivity index (χ1n) is 8.18. The SMILES string of the molecule is C=N/C(=C\C(=C/C)c1c[nH]nn1)c1cn(CCc2ccccc2Cl)cn1. The quantitative estimate of drug-likeness (QED) is 0.506. The molecule has 26 heavy (non-hydrogen) atoms. The Morgan fingerprint density at radius 3 is 2.88 bits per heavy atom. The van der Waals surface area contributed by atoms with Gasteiger partial charge in [0.15, 0.2) is 0 Å². The topological polar surface area (TPSA) is 71.8 Å². The van der Waals surface area contributed by atoms with Gasteiger partial charge in [0.05, 0.1) is 12.0 Å². The number of imidazole rings is 1. The number of nitrogens with zero attached hydrogens (tertiary/aromatic N) is 5. The summed E-state index contributed by atoms with van der Waals surface area (Å²) in [5, 5.41) is 11.3. The van der Waals surface area contributed by atoms with E-state index < -0.39 is 0 Å². The fourth-order valence-electron chi connectivity index (χ4n) is 2.56. The highest BCUT2D eigenvalue weighted by molar-refractivity contribution is 6.31. The van der Waals surface area contributed by atoms with Crippen LogP contribution in [0.3, 0.4) is 0 Å². The summed E-state index contributed by atoms with van der Waals surface area (Å²) in [6.45, 7) is 6.38. The molecule has 3 aromatic rings. The van der Waals surface area contributed by atoms with Crippen molar-refractivity contribution in [2.75, 3.05) is 0 Å². The number of rotatable bonds is 7. The number of aryl methyl sites for hydroxylation is 2. The third kappa shape index (κ3) is 4.15. The summed E-state index contributed by atoms with van der Waals surface area (Å²) in [6, 6.07) is 7.86. The molecule has 0 saturated heterocycles. The standard InChI is InChI=1S/C19H19ClN6/c1-3-14(18-11-23-25-24-18)10-17(21-2)19-12-26(13-22-19)9-8-15-6-4-5-7-16(15)20/h3-7,10-13H,2,8-9H2,1H3,(H,23,24,25)/b14-3+,17-10-. The summed E-state index contributed by atoms with van der Waals surface area (Å²) in [4.78, 5) is 8.56. The maximum Gasteiger partial charge on any atom is 0.112 e. The predicted octanol–water partition coefficient (Wildman–Crippen LogP) is 4.04. The van der Waals surface area contributed by atoms with Gasteiger partial charge in [-0.2, -0.15) is 0 Å². The van der Waals surface area contributed by atoms with Crippen LogP contribution in [-0.2, 0) is 13.0 Å². The van der Waals surface area contributed by atoms with Crippen LogP contribution in [0.4, 0.5) is 0 Å². The molecule has 0 aliphatic rings. The second kappa shape index (κ2) is 8.40. The zero-order valence-corrected chi connectivity index (χ0v) is 15.2. The largest absolute Gasteiger partial charge is 0.336 e. The summed E-state index contributed by atoms with van der Waals surface area (Å²) in [5.74, 6) is 0. The number of hydrogen-bond acceptors (Lipinski definition) is 4. The van der Waals surface area contributed by atoms with Crippen molar-refractivity contribution in [3.05, 3.63) is 77.1 Å². The lowest BCUT2D eigenvalue weighted by atomic mass is 10.1. The number of nitrogens with one attached hydrogen (secondary N) is 1. The van der Waals surface area contributed by atoms with Gasteiger partial charge in [0.1, 0.15) is 11.4 Å². The Bertz CT molecular complexity index is 937. The van der Waals surface area contributed by atoms with Crippen LogP contribution in [0.15, 0.2) is 60.1 Å². The van der Waals surface area contributed by atoms with Gasteiger partial charge in [0.2, 0.25) is 0 Å². The van der Waals surface area contributed by atoms with E-state index in [0.29, 0.717) is 5.70 Å². The van der Waals surface area contributed by atoms with Gasteiger partial charge in [-0.05, 0) is 37.8 Å². The lowest BCUT2D eigenvalue weighted by Crippen LogP contribution is -1.99. The smallest absolute Gasteiger partial charge is 0.112 e. The minimum atomic E-state index is 0.678. The first kappa shape index (κ1) is 17.8. The molecule has 6 nitrogen and oxygen atoms in total. The van der Waals surface area contributed by atoms with E-state index >= 15 is 0 Å². The Hall–Kier alpha value is -2.99. The summed E-state index contributed by atoms with van der Waals surface area (Å²) in [7, 11) is 0.